The third-order valence-corrected chi connectivity index (χ3v) is 4.86. The Morgan fingerprint density at radius 3 is 2.33 bits per heavy atom. The predicted octanol–water partition coefficient (Wildman–Crippen LogP) is 5.04. The van der Waals surface area contributed by atoms with E-state index < -0.39 is 0 Å². The van der Waals surface area contributed by atoms with Crippen LogP contribution in [0.25, 0.3) is 0 Å². The molecule has 27 heavy (non-hydrogen) atoms. The number of carbonyl (C=O) groups is 1. The Kier molecular flexibility index (Phi) is 4.65. The van der Waals surface area contributed by atoms with E-state index in [1.165, 1.54) is 5.01 Å². The Morgan fingerprint density at radius 2 is 1.63 bits per heavy atom. The standard InChI is InChI=1S/C22H17ClN2O2/c23-17-12-10-16(11-13-17)22(27)25-20(18-8-4-5-9-21(18)26)14-19(24-25)15-6-2-1-3-7-15/h1-13,20,26H,14H2. The molecular weight excluding hydrogens is 360 g/mol. The van der Waals surface area contributed by atoms with Crippen LogP contribution in [0.1, 0.15) is 33.9 Å². The molecule has 134 valence electrons. The van der Waals surface area contributed by atoms with Gasteiger partial charge in [-0.1, -0.05) is 60.1 Å². The number of halogens is 1. The first kappa shape index (κ1) is 17.3. The number of para-hydroxylation sites is 1. The first-order chi connectivity index (χ1) is 13.1. The van der Waals surface area contributed by atoms with E-state index in [-0.39, 0.29) is 17.7 Å². The summed E-state index contributed by atoms with van der Waals surface area (Å²) in [5, 5.41) is 17.0. The van der Waals surface area contributed by atoms with Gasteiger partial charge in [0.1, 0.15) is 5.75 Å². The maximum absolute atomic E-state index is 13.1. The molecule has 0 aliphatic carbocycles. The van der Waals surface area contributed by atoms with Gasteiger partial charge < -0.3 is 5.11 Å². The quantitative estimate of drug-likeness (QED) is 0.696. The molecule has 0 bridgehead atoms. The maximum atomic E-state index is 13.1. The van der Waals surface area contributed by atoms with Crippen LogP contribution >= 0.6 is 11.6 Å². The van der Waals surface area contributed by atoms with Crippen molar-refractivity contribution in [2.24, 2.45) is 5.10 Å². The van der Waals surface area contributed by atoms with Crippen LogP contribution in [-0.2, 0) is 0 Å². The van der Waals surface area contributed by atoms with Crippen LogP contribution in [0.15, 0.2) is 84.0 Å². The van der Waals surface area contributed by atoms with Gasteiger partial charge in [-0.2, -0.15) is 5.10 Å². The monoisotopic (exact) mass is 376 g/mol. The second kappa shape index (κ2) is 7.25. The molecule has 4 nitrogen and oxygen atoms in total. The van der Waals surface area contributed by atoms with E-state index in [0.717, 1.165) is 11.3 Å². The number of phenolic OH excluding ortho intramolecular Hbond substituents is 1. The van der Waals surface area contributed by atoms with E-state index in [0.29, 0.717) is 22.6 Å². The molecule has 0 aromatic heterocycles. The Labute approximate surface area is 162 Å². The lowest BCUT2D eigenvalue weighted by Gasteiger charge is -2.22. The number of phenols is 1. The fourth-order valence-corrected chi connectivity index (χ4v) is 3.36. The maximum Gasteiger partial charge on any atom is 0.274 e. The summed E-state index contributed by atoms with van der Waals surface area (Å²) in [7, 11) is 0. The van der Waals surface area contributed by atoms with Crippen LogP contribution in [-0.4, -0.2) is 21.7 Å². The van der Waals surface area contributed by atoms with Gasteiger partial charge in [-0.05, 0) is 35.9 Å². The van der Waals surface area contributed by atoms with E-state index in [9.17, 15) is 9.90 Å². The number of hydrazone groups is 1. The van der Waals surface area contributed by atoms with Gasteiger partial charge in [-0.3, -0.25) is 4.79 Å². The van der Waals surface area contributed by atoms with Crippen molar-refractivity contribution in [3.8, 4) is 5.75 Å². The molecular formula is C22H17ClN2O2. The predicted molar refractivity (Wildman–Crippen MR) is 106 cm³/mol. The largest absolute Gasteiger partial charge is 0.508 e. The Balaban J connectivity index is 1.75. The molecule has 1 amide bonds. The lowest BCUT2D eigenvalue weighted by Crippen LogP contribution is -2.27. The van der Waals surface area contributed by atoms with Crippen LogP contribution in [0, 0.1) is 0 Å². The first-order valence-corrected chi connectivity index (χ1v) is 9.01. The SMILES string of the molecule is O=C(c1ccc(Cl)cc1)N1N=C(c2ccccc2)CC1c1ccccc1O. The molecule has 3 aromatic carbocycles. The van der Waals surface area contributed by atoms with E-state index in [1.807, 2.05) is 42.5 Å². The molecule has 1 unspecified atom stereocenters. The van der Waals surface area contributed by atoms with Crippen LogP contribution in [0.4, 0.5) is 0 Å². The number of carbonyl (C=O) groups excluding carboxylic acids is 1. The number of rotatable bonds is 3. The molecule has 1 aliphatic heterocycles. The lowest BCUT2D eigenvalue weighted by atomic mass is 9.97. The Morgan fingerprint density at radius 1 is 0.963 bits per heavy atom. The third-order valence-electron chi connectivity index (χ3n) is 4.61. The van der Waals surface area contributed by atoms with Crippen molar-refractivity contribution < 1.29 is 9.90 Å². The highest BCUT2D eigenvalue weighted by Crippen LogP contribution is 2.37. The molecule has 1 heterocycles. The summed E-state index contributed by atoms with van der Waals surface area (Å²) in [6.07, 6.45) is 0.529. The van der Waals surface area contributed by atoms with E-state index >= 15 is 0 Å². The van der Waals surface area contributed by atoms with E-state index in [2.05, 4.69) is 5.10 Å². The number of hydrogen-bond acceptors (Lipinski definition) is 3. The van der Waals surface area contributed by atoms with Crippen LogP contribution < -0.4 is 0 Å². The van der Waals surface area contributed by atoms with Gasteiger partial charge in [0.05, 0.1) is 11.8 Å². The first-order valence-electron chi connectivity index (χ1n) is 8.63. The van der Waals surface area contributed by atoms with Crippen molar-refractivity contribution in [1.82, 2.24) is 5.01 Å². The lowest BCUT2D eigenvalue weighted by molar-refractivity contribution is 0.0709. The molecule has 3 aromatic rings. The molecule has 4 rings (SSSR count). The van der Waals surface area contributed by atoms with Crippen molar-refractivity contribution in [2.45, 2.75) is 12.5 Å². The summed E-state index contributed by atoms with van der Waals surface area (Å²) >= 11 is 5.94. The number of amides is 1. The fourth-order valence-electron chi connectivity index (χ4n) is 3.24. The van der Waals surface area contributed by atoms with E-state index in [1.54, 1.807) is 36.4 Å². The molecule has 5 heteroatoms. The zero-order valence-corrected chi connectivity index (χ0v) is 15.2. The minimum absolute atomic E-state index is 0.154. The smallest absolute Gasteiger partial charge is 0.274 e. The molecule has 1 aliphatic rings. The van der Waals surface area contributed by atoms with Crippen LogP contribution in [0.2, 0.25) is 5.02 Å². The average molecular weight is 377 g/mol. The van der Waals surface area contributed by atoms with Gasteiger partial charge in [0.15, 0.2) is 0 Å². The van der Waals surface area contributed by atoms with Gasteiger partial charge in [-0.15, -0.1) is 0 Å². The number of hydrogen-bond donors (Lipinski definition) is 1. The molecule has 0 fully saturated rings. The minimum Gasteiger partial charge on any atom is -0.508 e. The van der Waals surface area contributed by atoms with E-state index in [4.69, 9.17) is 11.6 Å². The summed E-state index contributed by atoms with van der Waals surface area (Å²) in [6, 6.07) is 23.2. The summed E-state index contributed by atoms with van der Waals surface area (Å²) < 4.78 is 0. The second-order valence-corrected chi connectivity index (χ2v) is 6.78. The van der Waals surface area contributed by atoms with Crippen molar-refractivity contribution in [1.29, 1.82) is 0 Å². The second-order valence-electron chi connectivity index (χ2n) is 6.35. The van der Waals surface area contributed by atoms with Crippen molar-refractivity contribution in [3.63, 3.8) is 0 Å². The van der Waals surface area contributed by atoms with Crippen LogP contribution in [0.3, 0.4) is 0 Å². The van der Waals surface area contributed by atoms with Gasteiger partial charge in [0, 0.05) is 22.6 Å². The highest BCUT2D eigenvalue weighted by molar-refractivity contribution is 6.30. The van der Waals surface area contributed by atoms with Gasteiger partial charge >= 0.3 is 0 Å². The molecule has 1 atom stereocenters. The molecule has 0 saturated carbocycles. The third kappa shape index (κ3) is 3.44. The highest BCUT2D eigenvalue weighted by Gasteiger charge is 2.34. The van der Waals surface area contributed by atoms with Crippen molar-refractivity contribution >= 4 is 23.2 Å². The Hall–Kier alpha value is -3.11. The van der Waals surface area contributed by atoms with Crippen molar-refractivity contribution in [3.05, 3.63) is 101 Å². The summed E-state index contributed by atoms with van der Waals surface area (Å²) in [6.45, 7) is 0. The fraction of sp³-hybridized carbons (Fsp3) is 0.0909. The number of benzene rings is 3. The van der Waals surface area contributed by atoms with Gasteiger partial charge in [-0.25, -0.2) is 5.01 Å². The zero-order valence-electron chi connectivity index (χ0n) is 14.4. The highest BCUT2D eigenvalue weighted by atomic mass is 35.5. The number of nitrogens with zero attached hydrogens (tertiary/aromatic N) is 2. The molecule has 1 N–H and O–H groups in total. The summed E-state index contributed by atoms with van der Waals surface area (Å²) in [5.74, 6) is -0.0771. The normalized spacial score (nSPS) is 16.3. The molecule has 0 radical (unpaired) electrons. The number of aromatic hydroxyl groups is 1. The zero-order chi connectivity index (χ0) is 18.8. The minimum atomic E-state index is -0.371. The molecule has 0 spiro atoms. The Bertz CT molecular complexity index is 1000. The molecule has 0 saturated heterocycles. The summed E-state index contributed by atoms with van der Waals surface area (Å²) in [4.78, 5) is 13.1. The average Bonchev–Trinajstić information content (AvgIpc) is 3.14. The van der Waals surface area contributed by atoms with Gasteiger partial charge in [0.25, 0.3) is 5.91 Å². The van der Waals surface area contributed by atoms with Crippen molar-refractivity contribution in [2.75, 3.05) is 0 Å². The topological polar surface area (TPSA) is 52.9 Å². The van der Waals surface area contributed by atoms with Crippen LogP contribution in [0.5, 0.6) is 5.75 Å². The van der Waals surface area contributed by atoms with Gasteiger partial charge in [0.2, 0.25) is 0 Å². The summed E-state index contributed by atoms with van der Waals surface area (Å²) in [5.41, 5.74) is 2.95.